The molecule has 0 unspecified atom stereocenters. The van der Waals surface area contributed by atoms with Crippen molar-refractivity contribution in [2.24, 2.45) is 0 Å². The number of fused-ring (bicyclic) bond motifs is 1. The lowest BCUT2D eigenvalue weighted by atomic mass is 10.2. The van der Waals surface area contributed by atoms with Gasteiger partial charge in [-0.15, -0.1) is 0 Å². The minimum Gasteiger partial charge on any atom is -0.253 e. The van der Waals surface area contributed by atoms with Crippen molar-refractivity contribution in [1.29, 1.82) is 0 Å². The number of hydrogen-bond acceptors (Lipinski definition) is 2. The van der Waals surface area contributed by atoms with Crippen molar-refractivity contribution >= 4 is 12.2 Å². The fourth-order valence-corrected chi connectivity index (χ4v) is 1.11. The van der Waals surface area contributed by atoms with Crippen LogP contribution in [0.2, 0.25) is 0 Å². The highest BCUT2D eigenvalue weighted by Crippen LogP contribution is 1.91. The summed E-state index contributed by atoms with van der Waals surface area (Å²) < 4.78 is 0. The van der Waals surface area contributed by atoms with E-state index in [1.54, 1.807) is 12.4 Å². The molecule has 0 amide bonds. The summed E-state index contributed by atoms with van der Waals surface area (Å²) in [5, 5.41) is 2.07. The zero-order valence-electron chi connectivity index (χ0n) is 5.62. The Morgan fingerprint density at radius 2 is 1.40 bits per heavy atom. The number of nitrogens with zero attached hydrogens (tertiary/aromatic N) is 2. The quantitative estimate of drug-likeness (QED) is 0.490. The number of rotatable bonds is 0. The van der Waals surface area contributed by atoms with Crippen LogP contribution in [-0.4, -0.2) is 9.97 Å². The molecule has 0 saturated heterocycles. The van der Waals surface area contributed by atoms with Gasteiger partial charge in [-0.25, -0.2) is 0 Å². The number of aromatic nitrogens is 2. The predicted molar refractivity (Wildman–Crippen MR) is 39.4 cm³/mol. The van der Waals surface area contributed by atoms with Crippen LogP contribution in [0.5, 0.6) is 0 Å². The molecule has 0 N–H and O–H groups in total. The molecule has 0 atom stereocenters. The Kier molecular flexibility index (Phi) is 1.24. The second-order valence-electron chi connectivity index (χ2n) is 2.31. The molecule has 0 fully saturated rings. The van der Waals surface area contributed by atoms with Gasteiger partial charge in [-0.2, -0.15) is 0 Å². The van der Waals surface area contributed by atoms with Crippen molar-refractivity contribution < 1.29 is 0 Å². The zero-order chi connectivity index (χ0) is 6.81. The second kappa shape index (κ2) is 2.21. The topological polar surface area (TPSA) is 25.8 Å². The van der Waals surface area contributed by atoms with Gasteiger partial charge in [-0.05, 0) is 12.8 Å². The van der Waals surface area contributed by atoms with Crippen molar-refractivity contribution in [3.8, 4) is 0 Å². The Hall–Kier alpha value is -1.18. The Bertz CT molecular complexity index is 306. The van der Waals surface area contributed by atoms with Crippen LogP contribution in [0.1, 0.15) is 12.8 Å². The van der Waals surface area contributed by atoms with E-state index in [1.807, 2.05) is 0 Å². The van der Waals surface area contributed by atoms with Gasteiger partial charge in [-0.3, -0.25) is 9.97 Å². The highest BCUT2D eigenvalue weighted by molar-refractivity contribution is 5.32. The normalized spacial score (nSPS) is 14.8. The summed E-state index contributed by atoms with van der Waals surface area (Å²) in [6, 6.07) is 0. The minimum absolute atomic E-state index is 1.04. The van der Waals surface area contributed by atoms with Crippen molar-refractivity contribution in [3.63, 3.8) is 0 Å². The first-order valence-corrected chi connectivity index (χ1v) is 3.44. The molecule has 1 aliphatic rings. The summed E-state index contributed by atoms with van der Waals surface area (Å²) in [7, 11) is 0. The third-order valence-corrected chi connectivity index (χ3v) is 1.60. The maximum absolute atomic E-state index is 4.17. The van der Waals surface area contributed by atoms with Gasteiger partial charge in [0.1, 0.15) is 0 Å². The van der Waals surface area contributed by atoms with Gasteiger partial charge in [0.25, 0.3) is 0 Å². The van der Waals surface area contributed by atoms with Gasteiger partial charge in [0.05, 0.1) is 10.7 Å². The highest BCUT2D eigenvalue weighted by Gasteiger charge is 1.91. The van der Waals surface area contributed by atoms with E-state index in [4.69, 9.17) is 0 Å². The highest BCUT2D eigenvalue weighted by atomic mass is 14.8. The molecule has 1 aliphatic carbocycles. The maximum Gasteiger partial charge on any atom is 0.0843 e. The van der Waals surface area contributed by atoms with E-state index >= 15 is 0 Å². The SMILES string of the molecule is C1=c2nccnc2=CCC1. The molecule has 1 aromatic rings. The van der Waals surface area contributed by atoms with E-state index in [9.17, 15) is 0 Å². The molecule has 0 bridgehead atoms. The first-order valence-electron chi connectivity index (χ1n) is 3.44. The van der Waals surface area contributed by atoms with Gasteiger partial charge in [-0.1, -0.05) is 12.2 Å². The summed E-state index contributed by atoms with van der Waals surface area (Å²) in [5.41, 5.74) is 0. The van der Waals surface area contributed by atoms with E-state index in [2.05, 4.69) is 22.1 Å². The van der Waals surface area contributed by atoms with Crippen LogP contribution in [0.3, 0.4) is 0 Å². The minimum atomic E-state index is 1.04. The molecule has 0 radical (unpaired) electrons. The van der Waals surface area contributed by atoms with Gasteiger partial charge < -0.3 is 0 Å². The molecule has 0 aliphatic heterocycles. The maximum atomic E-state index is 4.17. The van der Waals surface area contributed by atoms with Crippen LogP contribution in [0.25, 0.3) is 12.2 Å². The molecule has 0 spiro atoms. The van der Waals surface area contributed by atoms with Crippen LogP contribution in [0.15, 0.2) is 12.4 Å². The largest absolute Gasteiger partial charge is 0.253 e. The number of hydrogen-bond donors (Lipinski definition) is 0. The molecular weight excluding hydrogens is 124 g/mol. The fourth-order valence-electron chi connectivity index (χ4n) is 1.11. The summed E-state index contributed by atoms with van der Waals surface area (Å²) in [6.07, 6.45) is 9.92. The van der Waals surface area contributed by atoms with E-state index in [-0.39, 0.29) is 0 Å². The van der Waals surface area contributed by atoms with Crippen LogP contribution < -0.4 is 10.7 Å². The first kappa shape index (κ1) is 5.59. The van der Waals surface area contributed by atoms with Crippen LogP contribution in [-0.2, 0) is 0 Å². The van der Waals surface area contributed by atoms with Crippen molar-refractivity contribution in [2.45, 2.75) is 12.8 Å². The average Bonchev–Trinajstić information content (AvgIpc) is 2.05. The Morgan fingerprint density at radius 1 is 0.900 bits per heavy atom. The molecule has 1 aromatic heterocycles. The Morgan fingerprint density at radius 3 is 1.90 bits per heavy atom. The molecule has 0 aromatic carbocycles. The van der Waals surface area contributed by atoms with E-state index < -0.39 is 0 Å². The summed E-state index contributed by atoms with van der Waals surface area (Å²) in [4.78, 5) is 8.34. The standard InChI is InChI=1S/C8H8N2/c1-2-4-8-7(3-1)9-5-6-10-8/h3-6H,1-2H2. The van der Waals surface area contributed by atoms with Crippen LogP contribution in [0.4, 0.5) is 0 Å². The summed E-state index contributed by atoms with van der Waals surface area (Å²) in [6.45, 7) is 0. The van der Waals surface area contributed by atoms with Crippen LogP contribution >= 0.6 is 0 Å². The molecule has 0 saturated carbocycles. The Balaban J connectivity index is 2.84. The summed E-state index contributed by atoms with van der Waals surface area (Å²) in [5.74, 6) is 0. The van der Waals surface area contributed by atoms with E-state index in [1.165, 1.54) is 0 Å². The molecule has 1 heterocycles. The van der Waals surface area contributed by atoms with Gasteiger partial charge in [0, 0.05) is 12.4 Å². The first-order chi connectivity index (χ1) is 4.97. The smallest absolute Gasteiger partial charge is 0.0843 e. The lowest BCUT2D eigenvalue weighted by Crippen LogP contribution is -2.32. The molecule has 10 heavy (non-hydrogen) atoms. The third-order valence-electron chi connectivity index (χ3n) is 1.60. The summed E-state index contributed by atoms with van der Waals surface area (Å²) >= 11 is 0. The third kappa shape index (κ3) is 0.817. The van der Waals surface area contributed by atoms with Crippen LogP contribution in [0, 0.1) is 0 Å². The van der Waals surface area contributed by atoms with Gasteiger partial charge in [0.15, 0.2) is 0 Å². The fraction of sp³-hybridized carbons (Fsp3) is 0.250. The second-order valence-corrected chi connectivity index (χ2v) is 2.31. The lowest BCUT2D eigenvalue weighted by molar-refractivity contribution is 1.02. The van der Waals surface area contributed by atoms with E-state index in [0.29, 0.717) is 0 Å². The predicted octanol–water partition coefficient (Wildman–Crippen LogP) is -0.169. The monoisotopic (exact) mass is 132 g/mol. The van der Waals surface area contributed by atoms with Crippen molar-refractivity contribution in [3.05, 3.63) is 23.1 Å². The average molecular weight is 132 g/mol. The molecule has 2 heteroatoms. The lowest BCUT2D eigenvalue weighted by Gasteiger charge is -1.95. The van der Waals surface area contributed by atoms with Crippen molar-refractivity contribution in [2.75, 3.05) is 0 Å². The van der Waals surface area contributed by atoms with E-state index in [0.717, 1.165) is 23.5 Å². The molecular formula is C8H8N2. The molecule has 2 rings (SSSR count). The zero-order valence-corrected chi connectivity index (χ0v) is 5.62. The van der Waals surface area contributed by atoms with Gasteiger partial charge in [0.2, 0.25) is 0 Å². The molecule has 50 valence electrons. The Labute approximate surface area is 58.9 Å². The van der Waals surface area contributed by atoms with Crippen molar-refractivity contribution in [1.82, 2.24) is 9.97 Å². The molecule has 2 nitrogen and oxygen atoms in total. The van der Waals surface area contributed by atoms with Gasteiger partial charge >= 0.3 is 0 Å².